The Kier molecular flexibility index (Phi) is 8.23. The summed E-state index contributed by atoms with van der Waals surface area (Å²) in [5.41, 5.74) is 2.10. The number of ketones is 1. The molecule has 0 atom stereocenters. The van der Waals surface area contributed by atoms with Crippen molar-refractivity contribution in [3.05, 3.63) is 124 Å². The highest BCUT2D eigenvalue weighted by atomic mass is 35.5. The largest absolute Gasteiger partial charge is 0.295 e. The number of carbonyl (C=O) groups is 1. The lowest BCUT2D eigenvalue weighted by atomic mass is 9.94. The Labute approximate surface area is 272 Å². The number of fused-ring (bicyclic) bond motifs is 1. The molecule has 4 aromatic carbocycles. The van der Waals surface area contributed by atoms with Gasteiger partial charge in [-0.1, -0.05) is 41.9 Å². The van der Waals surface area contributed by atoms with Crippen molar-refractivity contribution in [3.63, 3.8) is 0 Å². The lowest BCUT2D eigenvalue weighted by Crippen LogP contribution is -2.14. The summed E-state index contributed by atoms with van der Waals surface area (Å²) in [5.74, 6) is -1.78. The quantitative estimate of drug-likeness (QED) is 0.124. The number of benzene rings is 4. The summed E-state index contributed by atoms with van der Waals surface area (Å²) in [5, 5.41) is 0.180. The number of rotatable bonds is 7. The van der Waals surface area contributed by atoms with Crippen LogP contribution in [0.1, 0.15) is 40.7 Å². The number of carbonyl (C=O) groups excluding carboxylic acids is 1. The van der Waals surface area contributed by atoms with Gasteiger partial charge in [-0.25, -0.2) is 39.9 Å². The molecule has 6 aromatic rings. The summed E-state index contributed by atoms with van der Waals surface area (Å²) in [6.45, 7) is 4.69. The average Bonchev–Trinajstić information content (AvgIpc) is 3.35. The molecule has 0 radical (unpaired) electrons. The van der Waals surface area contributed by atoms with Crippen LogP contribution in [-0.4, -0.2) is 28.1 Å². The molecule has 0 saturated heterocycles. The highest BCUT2D eigenvalue weighted by Crippen LogP contribution is 2.46. The van der Waals surface area contributed by atoms with Crippen LogP contribution in [0.25, 0.3) is 44.4 Å². The van der Waals surface area contributed by atoms with Crippen molar-refractivity contribution in [3.8, 4) is 33.5 Å². The Morgan fingerprint density at radius 1 is 0.830 bits per heavy atom. The molecular weight excluding hydrogens is 654 g/mol. The Morgan fingerprint density at radius 3 is 2.11 bits per heavy atom. The van der Waals surface area contributed by atoms with E-state index in [9.17, 15) is 26.4 Å². The van der Waals surface area contributed by atoms with Gasteiger partial charge in [0.2, 0.25) is 0 Å². The summed E-state index contributed by atoms with van der Waals surface area (Å²) in [4.78, 5) is 20.3. The lowest BCUT2D eigenvalue weighted by molar-refractivity contribution is 0.101. The molecule has 12 heteroatoms. The summed E-state index contributed by atoms with van der Waals surface area (Å²) in [7, 11) is -4.55. The maximum atomic E-state index is 15.5. The summed E-state index contributed by atoms with van der Waals surface area (Å²) >= 11 is 6.48. The first-order valence-corrected chi connectivity index (χ1v) is 16.0. The Hall–Kier alpha value is -4.87. The standard InChI is InChI=1S/C35H24ClF4N3O3S/c1-18-31(19(2)42-17-41-18)33-27-16-25(37)9-12-30(27)43(47(45,46)26-10-7-21(8-11-26)35(39)40)34(33)23-6-4-5-22(13-23)32-28(36)14-24(20(3)44)15-29(32)38/h4-17,35H,1-3H3. The van der Waals surface area contributed by atoms with E-state index in [0.717, 1.165) is 40.4 Å². The SMILES string of the molecule is CC(=O)c1cc(F)c(-c2cccc(-c3c(-c4c(C)ncnc4C)c4cc(F)ccc4n3S(=O)(=O)c3ccc(C(F)F)cc3)c2)c(Cl)c1. The fourth-order valence-corrected chi connectivity index (χ4v) is 7.58. The van der Waals surface area contributed by atoms with Crippen LogP contribution < -0.4 is 0 Å². The zero-order chi connectivity index (χ0) is 33.8. The van der Waals surface area contributed by atoms with E-state index in [-0.39, 0.29) is 60.1 Å². The van der Waals surface area contributed by atoms with Crippen molar-refractivity contribution in [1.82, 2.24) is 13.9 Å². The minimum Gasteiger partial charge on any atom is -0.295 e. The van der Waals surface area contributed by atoms with Gasteiger partial charge in [-0.15, -0.1) is 0 Å². The first kappa shape index (κ1) is 32.1. The number of alkyl halides is 2. The van der Waals surface area contributed by atoms with Crippen LogP contribution in [0.15, 0.2) is 90.1 Å². The fourth-order valence-electron chi connectivity index (χ4n) is 5.72. The predicted molar refractivity (Wildman–Crippen MR) is 172 cm³/mol. The lowest BCUT2D eigenvalue weighted by Gasteiger charge is -2.16. The normalized spacial score (nSPS) is 11.9. The van der Waals surface area contributed by atoms with Gasteiger partial charge in [0.1, 0.15) is 18.0 Å². The van der Waals surface area contributed by atoms with E-state index in [1.165, 1.54) is 37.5 Å². The topological polar surface area (TPSA) is 81.9 Å². The highest BCUT2D eigenvalue weighted by molar-refractivity contribution is 7.90. The molecule has 2 heterocycles. The number of aromatic nitrogens is 3. The Bertz CT molecular complexity index is 2300. The van der Waals surface area contributed by atoms with E-state index in [4.69, 9.17) is 11.6 Å². The van der Waals surface area contributed by atoms with E-state index in [1.54, 1.807) is 32.0 Å². The third-order valence-corrected chi connectivity index (χ3v) is 9.93. The predicted octanol–water partition coefficient (Wildman–Crippen LogP) is 9.36. The molecule has 0 aliphatic carbocycles. The molecule has 6 rings (SSSR count). The van der Waals surface area contributed by atoms with E-state index in [0.29, 0.717) is 22.5 Å². The van der Waals surface area contributed by atoms with Crippen LogP contribution in [0.3, 0.4) is 0 Å². The van der Waals surface area contributed by atoms with Crippen LogP contribution in [0.5, 0.6) is 0 Å². The number of hydrogen-bond acceptors (Lipinski definition) is 5. The summed E-state index contributed by atoms with van der Waals surface area (Å²) in [6.07, 6.45) is -1.46. The van der Waals surface area contributed by atoms with Crippen molar-refractivity contribution in [2.24, 2.45) is 0 Å². The van der Waals surface area contributed by atoms with Crippen LogP contribution in [-0.2, 0) is 10.0 Å². The van der Waals surface area contributed by atoms with Gasteiger partial charge in [0.25, 0.3) is 16.4 Å². The van der Waals surface area contributed by atoms with Crippen LogP contribution >= 0.6 is 11.6 Å². The van der Waals surface area contributed by atoms with E-state index in [1.807, 2.05) is 0 Å². The molecule has 0 aliphatic rings. The van der Waals surface area contributed by atoms with Gasteiger partial charge in [0, 0.05) is 50.2 Å². The number of hydrogen-bond donors (Lipinski definition) is 0. The van der Waals surface area contributed by atoms with E-state index in [2.05, 4.69) is 9.97 Å². The molecule has 0 bridgehead atoms. The van der Waals surface area contributed by atoms with Gasteiger partial charge < -0.3 is 0 Å². The second-order valence-electron chi connectivity index (χ2n) is 10.9. The van der Waals surface area contributed by atoms with Crippen molar-refractivity contribution in [2.45, 2.75) is 32.1 Å². The molecule has 6 nitrogen and oxygen atoms in total. The highest BCUT2D eigenvalue weighted by Gasteiger charge is 2.31. The zero-order valence-electron chi connectivity index (χ0n) is 25.0. The number of halogens is 5. The molecule has 47 heavy (non-hydrogen) atoms. The monoisotopic (exact) mass is 677 g/mol. The molecule has 0 aliphatic heterocycles. The third-order valence-electron chi connectivity index (χ3n) is 7.91. The van der Waals surface area contributed by atoms with Crippen LogP contribution in [0.2, 0.25) is 5.02 Å². The van der Waals surface area contributed by atoms with Gasteiger partial charge in [0.15, 0.2) is 5.78 Å². The maximum Gasteiger partial charge on any atom is 0.268 e. The van der Waals surface area contributed by atoms with Crippen molar-refractivity contribution in [1.29, 1.82) is 0 Å². The number of aryl methyl sites for hydroxylation is 2. The third kappa shape index (κ3) is 5.59. The minimum atomic E-state index is -4.55. The van der Waals surface area contributed by atoms with Gasteiger partial charge >= 0.3 is 0 Å². The smallest absolute Gasteiger partial charge is 0.268 e. The number of Topliss-reactive ketones (excluding diaryl/α,β-unsaturated/α-hetero) is 1. The molecule has 0 saturated carbocycles. The summed E-state index contributed by atoms with van der Waals surface area (Å²) in [6, 6.07) is 16.6. The fraction of sp³-hybridized carbons (Fsp3) is 0.114. The molecule has 0 unspecified atom stereocenters. The molecule has 0 N–H and O–H groups in total. The first-order chi connectivity index (χ1) is 22.3. The molecule has 0 spiro atoms. The van der Waals surface area contributed by atoms with Crippen LogP contribution in [0.4, 0.5) is 17.6 Å². The summed E-state index contributed by atoms with van der Waals surface area (Å²) < 4.78 is 87.2. The van der Waals surface area contributed by atoms with Gasteiger partial charge in [-0.3, -0.25) is 4.79 Å². The second kappa shape index (κ2) is 12.1. The zero-order valence-corrected chi connectivity index (χ0v) is 26.6. The Balaban J connectivity index is 1.74. The Morgan fingerprint density at radius 2 is 1.49 bits per heavy atom. The average molecular weight is 678 g/mol. The molecule has 238 valence electrons. The first-order valence-electron chi connectivity index (χ1n) is 14.2. The number of nitrogens with zero attached hydrogens (tertiary/aromatic N) is 3. The molecule has 2 aromatic heterocycles. The molecule has 0 amide bonds. The maximum absolute atomic E-state index is 15.5. The van der Waals surface area contributed by atoms with Gasteiger partial charge in [-0.2, -0.15) is 0 Å². The second-order valence-corrected chi connectivity index (χ2v) is 13.1. The van der Waals surface area contributed by atoms with Gasteiger partial charge in [-0.05, 0) is 74.9 Å². The van der Waals surface area contributed by atoms with Crippen molar-refractivity contribution >= 4 is 38.3 Å². The van der Waals surface area contributed by atoms with Crippen molar-refractivity contribution < 1.29 is 30.8 Å². The van der Waals surface area contributed by atoms with E-state index >= 15 is 4.39 Å². The van der Waals surface area contributed by atoms with Gasteiger partial charge in [0.05, 0.1) is 21.1 Å². The van der Waals surface area contributed by atoms with E-state index < -0.39 is 28.1 Å². The van der Waals surface area contributed by atoms with Crippen molar-refractivity contribution in [2.75, 3.05) is 0 Å². The molecule has 0 fully saturated rings. The van der Waals surface area contributed by atoms with Crippen LogP contribution in [0, 0.1) is 25.5 Å². The molecular formula is C35H24ClF4N3O3S. The minimum absolute atomic E-state index is 0.0189.